The first kappa shape index (κ1) is 26.8. The van der Waals surface area contributed by atoms with Crippen molar-refractivity contribution in [2.75, 3.05) is 0 Å². The Morgan fingerprint density at radius 2 is 1.17 bits per heavy atom. The molecule has 0 aromatic rings. The molecule has 5 aliphatic rings. The third kappa shape index (κ3) is 3.36. The molecular weight excluding hydrogens is 456 g/mol. The molecule has 1 N–H and O–H groups in total. The highest BCUT2D eigenvalue weighted by Gasteiger charge is 2.71. The molecule has 6 heteroatoms. The molecule has 3 saturated heterocycles. The molecule has 0 aromatic carbocycles. The van der Waals surface area contributed by atoms with Crippen LogP contribution in [0.1, 0.15) is 113 Å². The average molecular weight is 505 g/mol. The van der Waals surface area contributed by atoms with Crippen molar-refractivity contribution in [1.82, 2.24) is 0 Å². The molecule has 0 bridgehead atoms. The maximum absolute atomic E-state index is 13.0. The van der Waals surface area contributed by atoms with Gasteiger partial charge in [0.1, 0.15) is 16.8 Å². The van der Waals surface area contributed by atoms with Gasteiger partial charge in [0.25, 0.3) is 0 Å². The van der Waals surface area contributed by atoms with E-state index in [9.17, 15) is 14.7 Å². The number of carbonyl (C=O) groups is 2. The van der Waals surface area contributed by atoms with Crippen LogP contribution in [-0.4, -0.2) is 57.9 Å². The van der Waals surface area contributed by atoms with Gasteiger partial charge in [-0.15, -0.1) is 0 Å². The number of aliphatic hydroxyl groups is 1. The van der Waals surface area contributed by atoms with Crippen LogP contribution in [0.4, 0.5) is 0 Å². The minimum Gasteiger partial charge on any atom is -0.390 e. The van der Waals surface area contributed by atoms with Gasteiger partial charge in [0.2, 0.25) is 0 Å². The average Bonchev–Trinajstić information content (AvgIpc) is 3.22. The van der Waals surface area contributed by atoms with E-state index in [1.807, 2.05) is 27.7 Å². The fourth-order valence-electron chi connectivity index (χ4n) is 9.14. The summed E-state index contributed by atoms with van der Waals surface area (Å²) in [6, 6.07) is 0. The minimum atomic E-state index is -0.817. The molecule has 0 radical (unpaired) electrons. The smallest absolute Gasteiger partial charge is 0.164 e. The van der Waals surface area contributed by atoms with E-state index in [1.54, 1.807) is 0 Å². The topological polar surface area (TPSA) is 82.1 Å². The second-order valence-electron chi connectivity index (χ2n) is 14.5. The quantitative estimate of drug-likeness (QED) is 0.530. The van der Waals surface area contributed by atoms with E-state index in [2.05, 4.69) is 27.7 Å². The Morgan fingerprint density at radius 1 is 0.667 bits per heavy atom. The predicted octanol–water partition coefficient (Wildman–Crippen LogP) is 5.17. The highest BCUT2D eigenvalue weighted by molar-refractivity contribution is 5.87. The van der Waals surface area contributed by atoms with Gasteiger partial charge in [-0.05, 0) is 72.1 Å². The summed E-state index contributed by atoms with van der Waals surface area (Å²) in [5.74, 6) is 0.451. The Morgan fingerprint density at radius 3 is 1.75 bits per heavy atom. The molecule has 6 nitrogen and oxygen atoms in total. The zero-order chi connectivity index (χ0) is 26.5. The zero-order valence-corrected chi connectivity index (χ0v) is 23.7. The number of fused-ring (bicyclic) bond motifs is 3. The second-order valence-corrected chi connectivity index (χ2v) is 14.5. The third-order valence-electron chi connectivity index (χ3n) is 12.1. The maximum atomic E-state index is 13.0. The Bertz CT molecular complexity index is 942. The van der Waals surface area contributed by atoms with Crippen LogP contribution in [0, 0.1) is 22.2 Å². The second kappa shape index (κ2) is 8.09. The molecule has 204 valence electrons. The Hall–Kier alpha value is -0.820. The molecule has 1 spiro atoms. The fraction of sp³-hybridized carbons (Fsp3) is 0.933. The number of hydrogen-bond donors (Lipinski definition) is 1. The number of carbonyl (C=O) groups excluding carboxylic acids is 2. The van der Waals surface area contributed by atoms with E-state index in [0.29, 0.717) is 25.7 Å². The van der Waals surface area contributed by atoms with Gasteiger partial charge in [0.05, 0.1) is 24.4 Å². The lowest BCUT2D eigenvalue weighted by Crippen LogP contribution is -2.65. The molecule has 9 atom stereocenters. The molecule has 3 aliphatic heterocycles. The lowest BCUT2D eigenvalue weighted by atomic mass is 9.54. The van der Waals surface area contributed by atoms with Crippen molar-refractivity contribution >= 4 is 11.6 Å². The first-order chi connectivity index (χ1) is 16.5. The van der Waals surface area contributed by atoms with E-state index in [0.717, 1.165) is 32.1 Å². The highest BCUT2D eigenvalue weighted by Crippen LogP contribution is 2.67. The van der Waals surface area contributed by atoms with Crippen LogP contribution in [0.2, 0.25) is 0 Å². The van der Waals surface area contributed by atoms with Crippen LogP contribution in [0.15, 0.2) is 0 Å². The van der Waals surface area contributed by atoms with E-state index in [1.165, 1.54) is 0 Å². The van der Waals surface area contributed by atoms with Gasteiger partial charge in [-0.1, -0.05) is 27.7 Å². The van der Waals surface area contributed by atoms with Crippen molar-refractivity contribution in [2.45, 2.75) is 154 Å². The zero-order valence-electron chi connectivity index (χ0n) is 23.7. The van der Waals surface area contributed by atoms with E-state index < -0.39 is 28.3 Å². The largest absolute Gasteiger partial charge is 0.390 e. The first-order valence-electron chi connectivity index (χ1n) is 14.3. The lowest BCUT2D eigenvalue weighted by molar-refractivity contribution is -0.270. The summed E-state index contributed by atoms with van der Waals surface area (Å²) >= 11 is 0. The summed E-state index contributed by atoms with van der Waals surface area (Å²) in [6.07, 6.45) is 5.66. The summed E-state index contributed by atoms with van der Waals surface area (Å²) in [6.45, 7) is 16.6. The maximum Gasteiger partial charge on any atom is 0.164 e. The fourth-order valence-corrected chi connectivity index (χ4v) is 9.14. The molecule has 36 heavy (non-hydrogen) atoms. The Labute approximate surface area is 217 Å². The van der Waals surface area contributed by atoms with E-state index in [4.69, 9.17) is 14.2 Å². The highest BCUT2D eigenvalue weighted by atomic mass is 16.6. The van der Waals surface area contributed by atoms with Crippen molar-refractivity contribution in [2.24, 2.45) is 22.2 Å². The van der Waals surface area contributed by atoms with Crippen molar-refractivity contribution in [1.29, 1.82) is 0 Å². The number of ether oxygens (including phenoxy) is 3. The summed E-state index contributed by atoms with van der Waals surface area (Å²) in [5, 5.41) is 11.9. The number of aliphatic hydroxyl groups excluding tert-OH is 1. The van der Waals surface area contributed by atoms with Crippen LogP contribution in [0.3, 0.4) is 0 Å². The normalized spacial score (nSPS) is 52.5. The standard InChI is InChI=1S/C30H48O6/c1-18-9-10-22-29(8,15-12-20(32)25(2,3)34-22)30(18)21(33)17-24(36-30)28(7)16-13-23-27(28,6)14-11-19(31)26(4,5)35-23/h18,21-24,33H,9-17H2,1-8H3/t18-,21+,22-,23-,24-,27+,28+,29+,30+/m0/s1. The molecule has 5 rings (SSSR count). The van der Waals surface area contributed by atoms with Crippen LogP contribution < -0.4 is 0 Å². The summed E-state index contributed by atoms with van der Waals surface area (Å²) < 4.78 is 20.3. The molecule has 2 saturated carbocycles. The number of Topliss-reactive ketones (excluding diaryl/α,β-unsaturated/α-hetero) is 2. The Balaban J connectivity index is 1.51. The van der Waals surface area contributed by atoms with Gasteiger partial charge in [-0.3, -0.25) is 9.59 Å². The van der Waals surface area contributed by atoms with E-state index in [-0.39, 0.29) is 46.6 Å². The van der Waals surface area contributed by atoms with Crippen LogP contribution in [0.25, 0.3) is 0 Å². The van der Waals surface area contributed by atoms with Gasteiger partial charge in [-0.2, -0.15) is 0 Å². The molecule has 0 aromatic heterocycles. The van der Waals surface area contributed by atoms with Crippen molar-refractivity contribution in [3.8, 4) is 0 Å². The van der Waals surface area contributed by atoms with Crippen molar-refractivity contribution in [3.63, 3.8) is 0 Å². The summed E-state index contributed by atoms with van der Waals surface area (Å²) in [5.41, 5.74) is -3.26. The molecule has 3 heterocycles. The summed E-state index contributed by atoms with van der Waals surface area (Å²) in [7, 11) is 0. The lowest BCUT2D eigenvalue weighted by Gasteiger charge is -2.58. The van der Waals surface area contributed by atoms with Crippen LogP contribution in [-0.2, 0) is 23.8 Å². The first-order valence-corrected chi connectivity index (χ1v) is 14.3. The monoisotopic (exact) mass is 504 g/mol. The molecular formula is C30H48O6. The third-order valence-corrected chi connectivity index (χ3v) is 12.1. The van der Waals surface area contributed by atoms with Crippen molar-refractivity contribution < 1.29 is 28.9 Å². The van der Waals surface area contributed by atoms with Crippen molar-refractivity contribution in [3.05, 3.63) is 0 Å². The Kier molecular flexibility index (Phi) is 6.02. The van der Waals surface area contributed by atoms with Gasteiger partial charge in [-0.25, -0.2) is 0 Å². The minimum absolute atomic E-state index is 0.00649. The van der Waals surface area contributed by atoms with Crippen LogP contribution in [0.5, 0.6) is 0 Å². The molecule has 0 unspecified atom stereocenters. The molecule has 2 aliphatic carbocycles. The summed E-state index contributed by atoms with van der Waals surface area (Å²) in [4.78, 5) is 25.8. The van der Waals surface area contributed by atoms with Crippen LogP contribution >= 0.6 is 0 Å². The number of rotatable bonds is 1. The predicted molar refractivity (Wildman–Crippen MR) is 137 cm³/mol. The number of hydrogen-bond acceptors (Lipinski definition) is 6. The molecule has 0 amide bonds. The van der Waals surface area contributed by atoms with Gasteiger partial charge < -0.3 is 19.3 Å². The number of ketones is 2. The molecule has 5 fully saturated rings. The van der Waals surface area contributed by atoms with Gasteiger partial charge in [0.15, 0.2) is 11.6 Å². The van der Waals surface area contributed by atoms with Gasteiger partial charge >= 0.3 is 0 Å². The SMILES string of the molecule is C[C@H]1CC[C@@H]2OC(C)(C)C(=O)CC[C@@]2(C)[C@@]12O[C@H]([C@@]1(C)CC[C@@H]3OC(C)(C)C(=O)CC[C@]31C)C[C@H]2O. The van der Waals surface area contributed by atoms with E-state index >= 15 is 0 Å². The van der Waals surface area contributed by atoms with Gasteiger partial charge in [0, 0.05) is 35.5 Å².